The molecule has 1 aliphatic rings. The van der Waals surface area contributed by atoms with E-state index in [0.29, 0.717) is 34.1 Å². The normalized spacial score (nSPS) is 13.9. The van der Waals surface area contributed by atoms with E-state index in [1.54, 1.807) is 36.2 Å². The number of anilines is 2. The number of ether oxygens (including phenoxy) is 3. The first-order chi connectivity index (χ1) is 17.0. The molecule has 0 saturated carbocycles. The predicted octanol–water partition coefficient (Wildman–Crippen LogP) is 5.12. The Labute approximate surface area is 210 Å². The molecule has 1 amide bonds. The smallest absolute Gasteiger partial charge is 0.255 e. The molecule has 186 valence electrons. The van der Waals surface area contributed by atoms with Crippen LogP contribution in [0.3, 0.4) is 0 Å². The maximum Gasteiger partial charge on any atom is 0.255 e. The van der Waals surface area contributed by atoms with Crippen molar-refractivity contribution in [3.63, 3.8) is 0 Å². The van der Waals surface area contributed by atoms with E-state index < -0.39 is 0 Å². The molecule has 0 spiro atoms. The molecule has 0 aliphatic carbocycles. The lowest BCUT2D eigenvalue weighted by molar-refractivity contribution is 0.102. The van der Waals surface area contributed by atoms with E-state index in [9.17, 15) is 9.90 Å². The van der Waals surface area contributed by atoms with Gasteiger partial charge in [-0.3, -0.25) is 9.78 Å². The number of pyridine rings is 1. The molecule has 2 aromatic carbocycles. The van der Waals surface area contributed by atoms with Crippen LogP contribution in [0.1, 0.15) is 40.7 Å². The Morgan fingerprint density at radius 3 is 2.34 bits per heavy atom. The number of carbonyl (C=O) groups is 1. The number of nitrogens with zero attached hydrogens (tertiary/aromatic N) is 2. The lowest BCUT2D eigenvalue weighted by atomic mass is 10.1. The van der Waals surface area contributed by atoms with Crippen molar-refractivity contribution in [1.29, 1.82) is 0 Å². The van der Waals surface area contributed by atoms with E-state index in [1.165, 1.54) is 21.3 Å². The van der Waals surface area contributed by atoms with Gasteiger partial charge in [0, 0.05) is 30.7 Å². The van der Waals surface area contributed by atoms with Crippen LogP contribution in [0, 0.1) is 0 Å². The number of methoxy groups -OCH3 is 3. The molecular weight excluding hydrogens is 466 g/mol. The summed E-state index contributed by atoms with van der Waals surface area (Å²) in [4.78, 5) is 20.5. The number of aromatic nitrogens is 1. The Morgan fingerprint density at radius 1 is 1.09 bits per heavy atom. The number of carbonyl (C=O) groups excluding carboxylic acids is 1. The molecule has 3 aromatic rings. The van der Waals surface area contributed by atoms with Gasteiger partial charge in [0.25, 0.3) is 5.91 Å². The van der Waals surface area contributed by atoms with Crippen molar-refractivity contribution in [2.24, 2.45) is 0 Å². The molecule has 8 nitrogen and oxygen atoms in total. The van der Waals surface area contributed by atoms with E-state index in [4.69, 9.17) is 14.2 Å². The van der Waals surface area contributed by atoms with E-state index >= 15 is 0 Å². The lowest BCUT2D eigenvalue weighted by Gasteiger charge is -2.23. The second-order valence-corrected chi connectivity index (χ2v) is 8.54. The van der Waals surface area contributed by atoms with Gasteiger partial charge in [0.15, 0.2) is 11.5 Å². The van der Waals surface area contributed by atoms with Crippen LogP contribution in [0.2, 0.25) is 0 Å². The van der Waals surface area contributed by atoms with Gasteiger partial charge in [0.05, 0.1) is 38.5 Å². The first-order valence-corrected chi connectivity index (χ1v) is 12.1. The van der Waals surface area contributed by atoms with Crippen molar-refractivity contribution in [2.45, 2.75) is 30.7 Å². The number of benzene rings is 2. The fourth-order valence-electron chi connectivity index (χ4n) is 3.81. The molecule has 0 fully saturated rings. The number of fused-ring (bicyclic) bond motifs is 1. The topological polar surface area (TPSA) is 93.2 Å². The minimum atomic E-state index is -0.338. The highest BCUT2D eigenvalue weighted by Crippen LogP contribution is 2.50. The van der Waals surface area contributed by atoms with Crippen LogP contribution in [0.15, 0.2) is 53.7 Å². The number of thioether (sulfide) groups is 1. The number of hydrogen-bond acceptors (Lipinski definition) is 8. The third-order valence-electron chi connectivity index (χ3n) is 5.40. The van der Waals surface area contributed by atoms with Gasteiger partial charge < -0.3 is 29.5 Å². The number of aliphatic hydroxyl groups excluding tert-OH is 1. The highest BCUT2D eigenvalue weighted by Gasteiger charge is 2.29. The summed E-state index contributed by atoms with van der Waals surface area (Å²) in [6, 6.07) is 10.8. The minimum Gasteiger partial charge on any atom is -0.493 e. The monoisotopic (exact) mass is 497 g/mol. The molecule has 2 heterocycles. The zero-order valence-electron chi connectivity index (χ0n) is 20.8. The highest BCUT2D eigenvalue weighted by molar-refractivity contribution is 8.00. The quantitative estimate of drug-likeness (QED) is 0.465. The zero-order chi connectivity index (χ0) is 25.5. The third kappa shape index (κ3) is 5.47. The summed E-state index contributed by atoms with van der Waals surface area (Å²) in [5, 5.41) is 12.7. The van der Waals surface area contributed by atoms with Crippen LogP contribution in [-0.2, 0) is 6.61 Å². The molecule has 9 heteroatoms. The Bertz CT molecular complexity index is 1160. The largest absolute Gasteiger partial charge is 0.493 e. The summed E-state index contributed by atoms with van der Waals surface area (Å²) < 4.78 is 16.0. The van der Waals surface area contributed by atoms with Gasteiger partial charge >= 0.3 is 0 Å². The summed E-state index contributed by atoms with van der Waals surface area (Å²) in [6.45, 7) is 3.86. The Morgan fingerprint density at radius 2 is 1.77 bits per heavy atom. The molecule has 4 rings (SSSR count). The number of nitrogens with one attached hydrogen (secondary N) is 1. The van der Waals surface area contributed by atoms with Gasteiger partial charge in [-0.2, -0.15) is 0 Å². The van der Waals surface area contributed by atoms with E-state index in [0.717, 1.165) is 16.1 Å². The van der Waals surface area contributed by atoms with Crippen LogP contribution in [0.4, 0.5) is 11.4 Å². The Hall–Kier alpha value is -3.43. The van der Waals surface area contributed by atoms with Crippen molar-refractivity contribution in [3.8, 4) is 17.2 Å². The van der Waals surface area contributed by atoms with Gasteiger partial charge in [-0.25, -0.2) is 0 Å². The average molecular weight is 498 g/mol. The van der Waals surface area contributed by atoms with Gasteiger partial charge in [-0.15, -0.1) is 0 Å². The predicted molar refractivity (Wildman–Crippen MR) is 139 cm³/mol. The number of rotatable bonds is 7. The van der Waals surface area contributed by atoms with E-state index in [2.05, 4.69) is 15.2 Å². The van der Waals surface area contributed by atoms with Gasteiger partial charge in [0.1, 0.15) is 5.37 Å². The van der Waals surface area contributed by atoms with Gasteiger partial charge in [-0.1, -0.05) is 31.7 Å². The third-order valence-corrected chi connectivity index (χ3v) is 6.78. The summed E-state index contributed by atoms with van der Waals surface area (Å²) >= 11 is 1.68. The number of aliphatic hydroxyl groups is 1. The summed E-state index contributed by atoms with van der Waals surface area (Å²) in [7, 11) is 6.52. The van der Waals surface area contributed by atoms with Crippen molar-refractivity contribution >= 4 is 29.0 Å². The molecule has 1 unspecified atom stereocenters. The molecule has 1 atom stereocenters. The first-order valence-electron chi connectivity index (χ1n) is 11.2. The van der Waals surface area contributed by atoms with Crippen molar-refractivity contribution in [1.82, 2.24) is 4.98 Å². The fourth-order valence-corrected chi connectivity index (χ4v) is 5.05. The van der Waals surface area contributed by atoms with E-state index in [1.807, 2.05) is 45.3 Å². The molecular formula is C26H31N3O5S. The molecule has 1 aliphatic heterocycles. The molecule has 2 N–H and O–H groups in total. The van der Waals surface area contributed by atoms with Crippen LogP contribution < -0.4 is 24.4 Å². The second-order valence-electron chi connectivity index (χ2n) is 7.41. The van der Waals surface area contributed by atoms with Crippen LogP contribution in [0.5, 0.6) is 17.2 Å². The average Bonchev–Trinajstić information content (AvgIpc) is 3.25. The molecule has 1 aromatic heterocycles. The van der Waals surface area contributed by atoms with Gasteiger partial charge in [0.2, 0.25) is 5.75 Å². The Balaban J connectivity index is 0.00000167. The summed E-state index contributed by atoms with van der Waals surface area (Å²) in [5.41, 5.74) is 3.70. The van der Waals surface area contributed by atoms with E-state index in [-0.39, 0.29) is 17.9 Å². The van der Waals surface area contributed by atoms with Crippen LogP contribution in [0.25, 0.3) is 0 Å². The first kappa shape index (κ1) is 26.2. The SMILES string of the molecule is CC.COc1cc(C(=O)Nc2cc(CO)cc(C3Sc4cnccc4N3C)c2)cc(OC)c1OC. The number of amides is 1. The fraction of sp³-hybridized carbons (Fsp3) is 0.308. The van der Waals surface area contributed by atoms with Crippen molar-refractivity contribution in [3.05, 3.63) is 65.5 Å². The summed E-state index contributed by atoms with van der Waals surface area (Å²) in [5.74, 6) is 0.857. The summed E-state index contributed by atoms with van der Waals surface area (Å²) in [6.07, 6.45) is 3.62. The second kappa shape index (κ2) is 11.8. The molecule has 0 bridgehead atoms. The van der Waals surface area contributed by atoms with Crippen LogP contribution in [-0.4, -0.2) is 44.4 Å². The standard InChI is InChI=1S/C24H25N3O5S.C2H6/c1-27-18-5-6-25-12-21(18)33-24(27)16-7-14(13-28)8-17(9-16)26-23(29)15-10-19(30-2)22(32-4)20(11-15)31-3;1-2/h5-12,24,28H,13H2,1-4H3,(H,26,29);1-2H3. The van der Waals surface area contributed by atoms with Crippen molar-refractivity contribution < 1.29 is 24.1 Å². The number of hydrogen-bond donors (Lipinski definition) is 2. The van der Waals surface area contributed by atoms with Gasteiger partial charge in [-0.05, 0) is 41.5 Å². The minimum absolute atomic E-state index is 0.00692. The Kier molecular flexibility index (Phi) is 8.84. The highest BCUT2D eigenvalue weighted by atomic mass is 32.2. The van der Waals surface area contributed by atoms with Crippen molar-refractivity contribution in [2.75, 3.05) is 38.6 Å². The molecule has 0 radical (unpaired) electrons. The maximum atomic E-state index is 13.1. The van der Waals surface area contributed by atoms with Crippen LogP contribution >= 0.6 is 11.8 Å². The zero-order valence-corrected chi connectivity index (χ0v) is 21.6. The lowest BCUT2D eigenvalue weighted by Crippen LogP contribution is -2.18. The molecule has 0 saturated heterocycles. The molecule has 35 heavy (non-hydrogen) atoms. The maximum absolute atomic E-state index is 13.1.